The second kappa shape index (κ2) is 31.7. The standard InChI is InChI=1S/C35H39F2N5O2.C22H21BrF2N4O.C13H19NO/c1-35(2)34-40-32(26-13-15-27(36)16-14-26)33(39-29-19-17-28(37)18-20-29)41(34)23-24-42(35)31(44)11-7-4-8-22-38-30(43)21-12-25-9-5-3-6-10-25;1-22(2)21-27-19(14-3-5-15(24)6-4-14)20(26-17-9-7-16(25)8-10-17)28(21)11-12-29(22)18(30)13-23;14-11-5-4-8-13(15)10-9-12-6-2-1-3-7-12/h3,5-6,9-10,13-20,39H,4,7-8,11-12,21-24H2,1-2H3,(H,38,43);3-10,26H,11-13H2,1-2H3;1-3,6-7H,4-5,8-11,14H2. The molecule has 468 valence electrons. The number of carbonyl (C=O) groups excluding carboxylic acids is 4. The van der Waals surface area contributed by atoms with E-state index in [9.17, 15) is 36.7 Å². The number of amides is 3. The number of nitrogens with two attached hydrogens (primary N) is 1. The van der Waals surface area contributed by atoms with Gasteiger partial charge in [0.2, 0.25) is 17.7 Å². The molecule has 0 saturated heterocycles. The minimum absolute atomic E-state index is 0.00868. The van der Waals surface area contributed by atoms with Crippen LogP contribution in [0.15, 0.2) is 158 Å². The number of benzene rings is 6. The van der Waals surface area contributed by atoms with E-state index >= 15 is 0 Å². The van der Waals surface area contributed by atoms with E-state index < -0.39 is 11.1 Å². The molecular formula is C70H79BrF4N10O4. The highest BCUT2D eigenvalue weighted by Crippen LogP contribution is 2.42. The van der Waals surface area contributed by atoms with E-state index in [1.165, 1.54) is 54.1 Å². The normalized spacial score (nSPS) is 13.6. The lowest BCUT2D eigenvalue weighted by Crippen LogP contribution is -2.52. The molecule has 3 amide bonds. The molecule has 10 rings (SSSR count). The van der Waals surface area contributed by atoms with Gasteiger partial charge < -0.3 is 40.6 Å². The third-order valence-electron chi connectivity index (χ3n) is 16.0. The van der Waals surface area contributed by atoms with E-state index in [0.717, 1.165) is 79.1 Å². The van der Waals surface area contributed by atoms with Crippen LogP contribution in [0.1, 0.15) is 108 Å². The molecule has 8 aromatic rings. The number of nitrogens with zero attached hydrogens (tertiary/aromatic N) is 6. The number of fused-ring (bicyclic) bond motifs is 2. The molecule has 0 atom stereocenters. The first-order chi connectivity index (χ1) is 42.9. The quantitative estimate of drug-likeness (QED) is 0.0276. The Morgan fingerprint density at radius 2 is 0.910 bits per heavy atom. The predicted octanol–water partition coefficient (Wildman–Crippen LogP) is 14.3. The number of aromatic nitrogens is 4. The van der Waals surface area contributed by atoms with Gasteiger partial charge in [0.15, 0.2) is 0 Å². The van der Waals surface area contributed by atoms with Crippen LogP contribution < -0.4 is 21.7 Å². The van der Waals surface area contributed by atoms with E-state index in [0.29, 0.717) is 99.3 Å². The Labute approximate surface area is 527 Å². The molecule has 0 aliphatic carbocycles. The first-order valence-corrected chi connectivity index (χ1v) is 31.5. The number of ketones is 1. The van der Waals surface area contributed by atoms with Gasteiger partial charge in [-0.05, 0) is 181 Å². The van der Waals surface area contributed by atoms with E-state index in [1.54, 1.807) is 53.4 Å². The summed E-state index contributed by atoms with van der Waals surface area (Å²) in [4.78, 5) is 63.1. The van der Waals surface area contributed by atoms with Gasteiger partial charge in [-0.1, -0.05) is 83.0 Å². The fourth-order valence-electron chi connectivity index (χ4n) is 11.1. The van der Waals surface area contributed by atoms with Crippen LogP contribution in [0, 0.1) is 23.3 Å². The molecule has 19 heteroatoms. The van der Waals surface area contributed by atoms with Gasteiger partial charge in [0.05, 0.1) is 16.4 Å². The zero-order valence-corrected chi connectivity index (χ0v) is 52.6. The van der Waals surface area contributed by atoms with Crippen molar-refractivity contribution in [2.75, 3.05) is 42.1 Å². The lowest BCUT2D eigenvalue weighted by atomic mass is 9.98. The third kappa shape index (κ3) is 17.9. The molecule has 0 fully saturated rings. The van der Waals surface area contributed by atoms with Gasteiger partial charge in [0.1, 0.15) is 63.7 Å². The van der Waals surface area contributed by atoms with Crippen molar-refractivity contribution in [1.82, 2.24) is 34.2 Å². The summed E-state index contributed by atoms with van der Waals surface area (Å²) in [5, 5.41) is 9.95. The highest BCUT2D eigenvalue weighted by atomic mass is 79.9. The van der Waals surface area contributed by atoms with E-state index in [1.807, 2.05) is 85.7 Å². The van der Waals surface area contributed by atoms with Crippen molar-refractivity contribution in [2.45, 2.75) is 122 Å². The van der Waals surface area contributed by atoms with Crippen LogP contribution >= 0.6 is 15.9 Å². The highest BCUT2D eigenvalue weighted by molar-refractivity contribution is 9.09. The second-order valence-corrected chi connectivity index (χ2v) is 23.7. The van der Waals surface area contributed by atoms with Crippen LogP contribution in [-0.2, 0) is 56.2 Å². The van der Waals surface area contributed by atoms with Crippen molar-refractivity contribution in [3.05, 3.63) is 204 Å². The fourth-order valence-corrected chi connectivity index (χ4v) is 11.4. The number of aryl methyl sites for hydroxylation is 2. The number of halogens is 5. The Balaban J connectivity index is 0.000000195. The molecule has 0 spiro atoms. The van der Waals surface area contributed by atoms with Gasteiger partial charge in [-0.25, -0.2) is 27.5 Å². The fraction of sp³-hybridized carbons (Fsp3) is 0.343. The number of rotatable bonds is 23. The van der Waals surface area contributed by atoms with Crippen LogP contribution in [0.3, 0.4) is 0 Å². The average Bonchev–Trinajstić information content (AvgIpc) is 1.77. The van der Waals surface area contributed by atoms with Crippen molar-refractivity contribution in [3.63, 3.8) is 0 Å². The summed E-state index contributed by atoms with van der Waals surface area (Å²) in [6.45, 7) is 11.3. The van der Waals surface area contributed by atoms with Crippen LogP contribution in [0.2, 0.25) is 0 Å². The van der Waals surface area contributed by atoms with E-state index in [2.05, 4.69) is 48.6 Å². The maximum atomic E-state index is 13.7. The summed E-state index contributed by atoms with van der Waals surface area (Å²) in [7, 11) is 0. The number of alkyl halides is 1. The Bertz CT molecular complexity index is 3600. The van der Waals surface area contributed by atoms with Gasteiger partial charge in [0, 0.05) is 80.9 Å². The van der Waals surface area contributed by atoms with E-state index in [-0.39, 0.29) is 46.3 Å². The summed E-state index contributed by atoms with van der Waals surface area (Å²) >= 11 is 3.26. The number of unbranched alkanes of at least 4 members (excludes halogenated alkanes) is 3. The smallest absolute Gasteiger partial charge is 0.234 e. The molecular weight excluding hydrogens is 1200 g/mol. The van der Waals surface area contributed by atoms with Crippen LogP contribution in [0.25, 0.3) is 22.5 Å². The van der Waals surface area contributed by atoms with Crippen molar-refractivity contribution >= 4 is 62.4 Å². The van der Waals surface area contributed by atoms with Crippen molar-refractivity contribution in [2.24, 2.45) is 5.73 Å². The van der Waals surface area contributed by atoms with Gasteiger partial charge in [0.25, 0.3) is 0 Å². The number of carbonyl (C=O) groups is 4. The maximum absolute atomic E-state index is 13.7. The van der Waals surface area contributed by atoms with Crippen LogP contribution in [-0.4, -0.2) is 83.9 Å². The molecule has 2 aromatic heterocycles. The zero-order chi connectivity index (χ0) is 63.5. The Morgan fingerprint density at radius 1 is 0.494 bits per heavy atom. The topological polar surface area (TPSA) is 173 Å². The molecule has 6 aromatic carbocycles. The molecule has 89 heavy (non-hydrogen) atoms. The van der Waals surface area contributed by atoms with Crippen LogP contribution in [0.4, 0.5) is 40.6 Å². The molecule has 0 unspecified atom stereocenters. The van der Waals surface area contributed by atoms with Gasteiger partial charge in [-0.15, -0.1) is 0 Å². The molecule has 14 nitrogen and oxygen atoms in total. The molecule has 0 saturated carbocycles. The number of hydrogen-bond acceptors (Lipinski definition) is 9. The molecule has 2 aliphatic rings. The maximum Gasteiger partial charge on any atom is 0.234 e. The number of Topliss-reactive ketones (excluding diaryl/α,β-unsaturated/α-hetero) is 1. The molecule has 0 bridgehead atoms. The summed E-state index contributed by atoms with van der Waals surface area (Å²) < 4.78 is 58.3. The molecule has 2 aliphatic heterocycles. The first-order valence-electron chi connectivity index (χ1n) is 30.4. The average molecular weight is 1280 g/mol. The highest BCUT2D eigenvalue weighted by Gasteiger charge is 2.43. The summed E-state index contributed by atoms with van der Waals surface area (Å²) in [5.74, 6) is 2.02. The number of nitrogens with one attached hydrogen (secondary N) is 3. The SMILES string of the molecule is CC1(C)c2nc(-c3ccc(F)cc3)c(Nc3ccc(F)cc3)n2CCN1C(=O)CBr.CC1(C)c2nc(-c3ccc(F)cc3)c(Nc3ccc(F)cc3)n2CCN1C(=O)CCCCCNC(=O)CCc1ccccc1.NCCCCC(=O)CCc1ccccc1. The van der Waals surface area contributed by atoms with Crippen LogP contribution in [0.5, 0.6) is 0 Å². The Kier molecular flexibility index (Phi) is 23.7. The van der Waals surface area contributed by atoms with Crippen molar-refractivity contribution in [1.29, 1.82) is 0 Å². The summed E-state index contributed by atoms with van der Waals surface area (Å²) in [6, 6.07) is 44.5. The first kappa shape index (κ1) is 66.5. The summed E-state index contributed by atoms with van der Waals surface area (Å²) in [5.41, 5.74) is 10.6. The van der Waals surface area contributed by atoms with E-state index in [4.69, 9.17) is 15.7 Å². The minimum Gasteiger partial charge on any atom is -0.356 e. The third-order valence-corrected chi connectivity index (χ3v) is 16.4. The lowest BCUT2D eigenvalue weighted by molar-refractivity contribution is -0.139. The Hall–Kier alpha value is -8.42. The zero-order valence-electron chi connectivity index (χ0n) is 51.0. The number of imidazole rings is 2. The summed E-state index contributed by atoms with van der Waals surface area (Å²) in [6.07, 6.45) is 8.09. The van der Waals surface area contributed by atoms with Crippen molar-refractivity contribution < 1.29 is 36.7 Å². The second-order valence-electron chi connectivity index (χ2n) is 23.1. The largest absolute Gasteiger partial charge is 0.356 e. The number of anilines is 4. The Morgan fingerprint density at radius 3 is 1.35 bits per heavy atom. The van der Waals surface area contributed by atoms with Gasteiger partial charge in [-0.2, -0.15) is 0 Å². The molecule has 0 radical (unpaired) electrons. The van der Waals surface area contributed by atoms with Gasteiger partial charge >= 0.3 is 0 Å². The predicted molar refractivity (Wildman–Crippen MR) is 347 cm³/mol. The van der Waals surface area contributed by atoms with Crippen molar-refractivity contribution in [3.8, 4) is 22.5 Å². The molecule has 4 heterocycles. The lowest BCUT2D eigenvalue weighted by Gasteiger charge is -2.42. The molecule has 5 N–H and O–H groups in total. The monoisotopic (exact) mass is 1280 g/mol. The number of hydrogen-bond donors (Lipinski definition) is 4. The van der Waals surface area contributed by atoms with Gasteiger partial charge in [-0.3, -0.25) is 19.2 Å². The minimum atomic E-state index is -0.695.